The first-order valence-corrected chi connectivity index (χ1v) is 38.6. The summed E-state index contributed by atoms with van der Waals surface area (Å²) >= 11 is 0. The van der Waals surface area contributed by atoms with Crippen molar-refractivity contribution in [2.24, 2.45) is 0 Å². The number of carbonyl (C=O) groups is 2. The van der Waals surface area contributed by atoms with Crippen molar-refractivity contribution >= 4 is 11.9 Å². The van der Waals surface area contributed by atoms with E-state index in [4.69, 9.17) is 4.74 Å². The number of esters is 1. The zero-order chi connectivity index (χ0) is 60.6. The average Bonchev–Trinajstić information content (AvgIpc) is 3.51. The molecule has 84 heavy (non-hydrogen) atoms. The molecule has 498 valence electrons. The number of aliphatic hydroxyl groups is 2. The smallest absolute Gasteiger partial charge is 0.305 e. The summed E-state index contributed by atoms with van der Waals surface area (Å²) in [4.78, 5) is 24.6. The topological polar surface area (TPSA) is 95.9 Å². The molecule has 6 nitrogen and oxygen atoms in total. The van der Waals surface area contributed by atoms with Crippen LogP contribution in [0.5, 0.6) is 0 Å². The highest BCUT2D eigenvalue weighted by Crippen LogP contribution is 2.20. The van der Waals surface area contributed by atoms with Gasteiger partial charge in [0.05, 0.1) is 25.4 Å². The first-order chi connectivity index (χ1) is 41.5. The fourth-order valence-electron chi connectivity index (χ4n) is 12.3. The maximum atomic E-state index is 12.5. The zero-order valence-corrected chi connectivity index (χ0v) is 57.2. The fourth-order valence-corrected chi connectivity index (χ4v) is 12.3. The molecular weight excluding hydrogens is 1030 g/mol. The highest BCUT2D eigenvalue weighted by atomic mass is 16.5. The lowest BCUT2D eigenvalue weighted by atomic mass is 10.0. The van der Waals surface area contributed by atoms with Crippen LogP contribution in [0, 0.1) is 0 Å². The Morgan fingerprint density at radius 3 is 0.845 bits per heavy atom. The minimum atomic E-state index is -0.843. The second-order valence-corrected chi connectivity index (χ2v) is 26.7. The van der Waals surface area contributed by atoms with E-state index < -0.39 is 12.1 Å². The van der Waals surface area contributed by atoms with Gasteiger partial charge >= 0.3 is 5.97 Å². The van der Waals surface area contributed by atoms with E-state index in [0.29, 0.717) is 19.4 Å². The number of hydrogen-bond donors (Lipinski definition) is 3. The predicted octanol–water partition coefficient (Wildman–Crippen LogP) is 25.3. The van der Waals surface area contributed by atoms with Crippen LogP contribution in [-0.4, -0.2) is 47.4 Å². The van der Waals surface area contributed by atoms with Crippen LogP contribution in [0.1, 0.15) is 438 Å². The van der Waals surface area contributed by atoms with E-state index in [1.165, 1.54) is 366 Å². The van der Waals surface area contributed by atoms with Gasteiger partial charge < -0.3 is 20.3 Å². The Hall–Kier alpha value is -1.66. The van der Waals surface area contributed by atoms with E-state index in [0.717, 1.165) is 44.9 Å². The van der Waals surface area contributed by atoms with Crippen molar-refractivity contribution in [2.75, 3.05) is 13.2 Å². The van der Waals surface area contributed by atoms with Crippen LogP contribution >= 0.6 is 0 Å². The van der Waals surface area contributed by atoms with Crippen molar-refractivity contribution in [3.63, 3.8) is 0 Å². The van der Waals surface area contributed by atoms with Crippen LogP contribution in [0.2, 0.25) is 0 Å². The molecule has 2 unspecified atom stereocenters. The summed E-state index contributed by atoms with van der Waals surface area (Å²) in [5, 5.41) is 23.3. The average molecular weight is 1180 g/mol. The van der Waals surface area contributed by atoms with E-state index >= 15 is 0 Å². The number of hydrogen-bond acceptors (Lipinski definition) is 5. The predicted molar refractivity (Wildman–Crippen MR) is 370 cm³/mol. The number of ether oxygens (including phenoxy) is 1. The number of rotatable bonds is 73. The van der Waals surface area contributed by atoms with Gasteiger partial charge in [0.1, 0.15) is 0 Å². The second kappa shape index (κ2) is 73.8. The molecule has 0 bridgehead atoms. The third-order valence-corrected chi connectivity index (χ3v) is 18.2. The van der Waals surface area contributed by atoms with E-state index in [1.54, 1.807) is 6.08 Å². The zero-order valence-electron chi connectivity index (χ0n) is 57.2. The van der Waals surface area contributed by atoms with Crippen molar-refractivity contribution in [3.05, 3.63) is 24.3 Å². The Morgan fingerprint density at radius 2 is 0.560 bits per heavy atom. The summed E-state index contributed by atoms with van der Waals surface area (Å²) < 4.78 is 5.49. The summed E-state index contributed by atoms with van der Waals surface area (Å²) in [5.41, 5.74) is 0. The van der Waals surface area contributed by atoms with Crippen LogP contribution in [0.15, 0.2) is 24.3 Å². The van der Waals surface area contributed by atoms with E-state index in [-0.39, 0.29) is 18.5 Å². The summed E-state index contributed by atoms with van der Waals surface area (Å²) in [5.74, 6) is -0.0469. The lowest BCUT2D eigenvalue weighted by Crippen LogP contribution is -2.45. The van der Waals surface area contributed by atoms with Crippen LogP contribution in [-0.2, 0) is 14.3 Å². The number of aliphatic hydroxyl groups excluding tert-OH is 2. The van der Waals surface area contributed by atoms with E-state index in [2.05, 4.69) is 31.3 Å². The van der Waals surface area contributed by atoms with Gasteiger partial charge in [-0.05, 0) is 57.8 Å². The Bertz CT molecular complexity index is 1320. The van der Waals surface area contributed by atoms with Crippen LogP contribution in [0.25, 0.3) is 0 Å². The molecule has 1 amide bonds. The van der Waals surface area contributed by atoms with Gasteiger partial charge in [0.25, 0.3) is 0 Å². The van der Waals surface area contributed by atoms with Gasteiger partial charge in [0, 0.05) is 12.8 Å². The van der Waals surface area contributed by atoms with E-state index in [9.17, 15) is 19.8 Å². The Kier molecular flexibility index (Phi) is 72.3. The van der Waals surface area contributed by atoms with Crippen LogP contribution in [0.4, 0.5) is 0 Å². The molecule has 0 aliphatic carbocycles. The fraction of sp³-hybridized carbons (Fsp3) is 0.923. The van der Waals surface area contributed by atoms with Gasteiger partial charge in [-0.1, -0.05) is 391 Å². The molecule has 0 fully saturated rings. The van der Waals surface area contributed by atoms with Gasteiger partial charge in [-0.3, -0.25) is 9.59 Å². The van der Waals surface area contributed by atoms with Crippen molar-refractivity contribution < 1.29 is 24.5 Å². The molecule has 0 saturated carbocycles. The number of amides is 1. The molecule has 0 heterocycles. The molecule has 0 aliphatic rings. The largest absolute Gasteiger partial charge is 0.466 e. The molecule has 0 aliphatic heterocycles. The van der Waals surface area contributed by atoms with Crippen molar-refractivity contribution in [1.82, 2.24) is 5.32 Å². The molecule has 0 aromatic heterocycles. The SMILES string of the molecule is CCCCCCC/C=C\CCCCCCCC(=O)OCCCCCCCCCCCCCCCCCCCCCCCCCCCCCCCCC(=O)NC(CO)C(O)/C=C/CCCCCCCCCCCCCCCCCCCCCCC. The number of carbonyl (C=O) groups excluding carboxylic acids is 2. The quantitative estimate of drug-likeness (QED) is 0.0320. The maximum Gasteiger partial charge on any atom is 0.305 e. The number of allylic oxidation sites excluding steroid dienone is 3. The minimum Gasteiger partial charge on any atom is -0.466 e. The highest BCUT2D eigenvalue weighted by molar-refractivity contribution is 5.76. The maximum absolute atomic E-state index is 12.5. The second-order valence-electron chi connectivity index (χ2n) is 26.7. The summed E-state index contributed by atoms with van der Waals surface area (Å²) in [6.07, 6.45) is 94.3. The molecule has 2 atom stereocenters. The molecule has 0 spiro atoms. The Balaban J connectivity index is 3.36. The van der Waals surface area contributed by atoms with Crippen molar-refractivity contribution in [3.8, 4) is 0 Å². The first-order valence-electron chi connectivity index (χ1n) is 38.6. The van der Waals surface area contributed by atoms with E-state index in [1.807, 2.05) is 6.08 Å². The molecular formula is C78H151NO5. The molecule has 0 radical (unpaired) electrons. The molecule has 0 rings (SSSR count). The van der Waals surface area contributed by atoms with Gasteiger partial charge in [0.15, 0.2) is 0 Å². The minimum absolute atomic E-state index is 0.0121. The molecule has 3 N–H and O–H groups in total. The number of nitrogens with one attached hydrogen (secondary N) is 1. The van der Waals surface area contributed by atoms with Crippen LogP contribution < -0.4 is 5.32 Å². The van der Waals surface area contributed by atoms with Gasteiger partial charge in [-0.25, -0.2) is 0 Å². The highest BCUT2D eigenvalue weighted by Gasteiger charge is 2.18. The Morgan fingerprint density at radius 1 is 0.321 bits per heavy atom. The summed E-state index contributed by atoms with van der Waals surface area (Å²) in [6.45, 7) is 4.94. The van der Waals surface area contributed by atoms with Gasteiger partial charge in [0.2, 0.25) is 5.91 Å². The van der Waals surface area contributed by atoms with Crippen molar-refractivity contribution in [2.45, 2.75) is 450 Å². The molecule has 6 heteroatoms. The summed E-state index contributed by atoms with van der Waals surface area (Å²) in [7, 11) is 0. The molecule has 0 saturated heterocycles. The third kappa shape index (κ3) is 69.4. The lowest BCUT2D eigenvalue weighted by Gasteiger charge is -2.20. The standard InChI is InChI=1S/C78H151NO5/c1-3-5-7-9-11-13-15-17-19-20-21-22-31-34-37-40-43-46-50-54-58-62-66-70-76(81)75(74-80)79-77(82)71-67-63-59-55-51-47-44-41-38-35-32-29-27-25-23-24-26-28-30-33-36-39-42-45-49-53-57-61-65-69-73-84-78(83)72-68-64-60-56-52-48-18-16-14-12-10-8-6-4-2/h16,18,66,70,75-76,80-81H,3-15,17,19-65,67-69,71-74H2,1-2H3,(H,79,82)/b18-16-,70-66+. The van der Waals surface area contributed by atoms with Gasteiger partial charge in [-0.15, -0.1) is 0 Å². The normalized spacial score (nSPS) is 12.6. The monoisotopic (exact) mass is 1180 g/mol. The first kappa shape index (κ1) is 82.3. The lowest BCUT2D eigenvalue weighted by molar-refractivity contribution is -0.143. The third-order valence-electron chi connectivity index (χ3n) is 18.2. The number of unbranched alkanes of at least 4 members (excludes halogenated alkanes) is 60. The molecule has 0 aromatic rings. The van der Waals surface area contributed by atoms with Crippen LogP contribution in [0.3, 0.4) is 0 Å². The Labute approximate surface area is 526 Å². The summed E-state index contributed by atoms with van der Waals surface area (Å²) in [6, 6.07) is -0.626. The van der Waals surface area contributed by atoms with Crippen molar-refractivity contribution in [1.29, 1.82) is 0 Å². The van der Waals surface area contributed by atoms with Gasteiger partial charge in [-0.2, -0.15) is 0 Å². The molecule has 0 aromatic carbocycles.